The van der Waals surface area contributed by atoms with Crippen molar-refractivity contribution < 1.29 is 9.32 Å². The average molecular weight is 388 g/mol. The van der Waals surface area contributed by atoms with Crippen molar-refractivity contribution in [2.24, 2.45) is 0 Å². The zero-order valence-corrected chi connectivity index (χ0v) is 15.2. The molecule has 26 heavy (non-hydrogen) atoms. The van der Waals surface area contributed by atoms with Crippen molar-refractivity contribution in [1.82, 2.24) is 15.0 Å². The molecule has 7 heteroatoms. The van der Waals surface area contributed by atoms with Gasteiger partial charge < -0.3 is 9.42 Å². The van der Waals surface area contributed by atoms with E-state index >= 15 is 0 Å². The van der Waals surface area contributed by atoms with Crippen LogP contribution in [0, 0.1) is 0 Å². The molecule has 0 bridgehead atoms. The molecule has 132 valence electrons. The number of rotatable bonds is 4. The summed E-state index contributed by atoms with van der Waals surface area (Å²) in [6, 6.07) is 14.5. The summed E-state index contributed by atoms with van der Waals surface area (Å²) in [5.41, 5.74) is 1.78. The number of aromatic nitrogens is 2. The van der Waals surface area contributed by atoms with Crippen LogP contribution in [0.2, 0.25) is 10.0 Å². The average Bonchev–Trinajstić information content (AvgIpc) is 3.24. The lowest BCUT2D eigenvalue weighted by atomic mass is 10.1. The van der Waals surface area contributed by atoms with Crippen LogP contribution in [0.3, 0.4) is 0 Å². The fraction of sp³-hybridized carbons (Fsp3) is 0.211. The fourth-order valence-electron chi connectivity index (χ4n) is 3.11. The monoisotopic (exact) mass is 387 g/mol. The highest BCUT2D eigenvalue weighted by atomic mass is 35.5. The van der Waals surface area contributed by atoms with E-state index in [-0.39, 0.29) is 11.9 Å². The van der Waals surface area contributed by atoms with E-state index in [1.165, 1.54) is 0 Å². The van der Waals surface area contributed by atoms with Gasteiger partial charge in [0.05, 0.1) is 0 Å². The molecule has 1 saturated heterocycles. The molecule has 0 radical (unpaired) electrons. The van der Waals surface area contributed by atoms with Gasteiger partial charge in [0.2, 0.25) is 17.6 Å². The second-order valence-corrected chi connectivity index (χ2v) is 7.04. The molecule has 2 aromatic carbocycles. The molecule has 1 amide bonds. The van der Waals surface area contributed by atoms with E-state index in [9.17, 15) is 4.79 Å². The second kappa shape index (κ2) is 7.09. The number of hydrogen-bond donors (Lipinski definition) is 0. The van der Waals surface area contributed by atoms with Crippen LogP contribution in [0.5, 0.6) is 0 Å². The molecule has 1 fully saturated rings. The first-order valence-corrected chi connectivity index (χ1v) is 8.99. The van der Waals surface area contributed by atoms with Gasteiger partial charge in [-0.05, 0) is 48.4 Å². The van der Waals surface area contributed by atoms with Gasteiger partial charge in [0, 0.05) is 28.6 Å². The molecule has 0 N–H and O–H groups in total. The number of benzene rings is 2. The van der Waals surface area contributed by atoms with Crippen LogP contribution in [-0.4, -0.2) is 20.9 Å². The van der Waals surface area contributed by atoms with Crippen LogP contribution in [0.25, 0.3) is 11.4 Å². The van der Waals surface area contributed by atoms with Crippen molar-refractivity contribution in [1.29, 1.82) is 0 Å². The summed E-state index contributed by atoms with van der Waals surface area (Å²) in [5, 5.41) is 5.34. The first kappa shape index (κ1) is 17.1. The van der Waals surface area contributed by atoms with E-state index in [0.717, 1.165) is 11.1 Å². The molecule has 4 rings (SSSR count). The minimum Gasteiger partial charge on any atom is -0.337 e. The molecule has 0 spiro atoms. The molecule has 5 nitrogen and oxygen atoms in total. The third-order valence-corrected chi connectivity index (χ3v) is 4.89. The number of likely N-dealkylation sites (tertiary alicyclic amines) is 1. The van der Waals surface area contributed by atoms with Gasteiger partial charge in [0.15, 0.2) is 0 Å². The van der Waals surface area contributed by atoms with E-state index in [0.29, 0.717) is 41.1 Å². The molecule has 1 aliphatic heterocycles. The summed E-state index contributed by atoms with van der Waals surface area (Å²) in [7, 11) is 0. The maximum Gasteiger partial charge on any atom is 0.249 e. The third-order valence-electron chi connectivity index (χ3n) is 4.40. The summed E-state index contributed by atoms with van der Waals surface area (Å²) in [4.78, 5) is 18.6. The Morgan fingerprint density at radius 2 is 1.92 bits per heavy atom. The minimum absolute atomic E-state index is 0.0706. The first-order chi connectivity index (χ1) is 12.6. The standard InChI is InChI=1S/C19H15Cl2N3O2/c20-14-6-4-13(5-7-14)18-22-19(26-23-18)16-8-9-17(25)24(16)11-12-2-1-3-15(21)10-12/h1-7,10,16H,8-9,11H2. The zero-order chi connectivity index (χ0) is 18.1. The lowest BCUT2D eigenvalue weighted by Crippen LogP contribution is -2.27. The summed E-state index contributed by atoms with van der Waals surface area (Å²) in [6.45, 7) is 0.461. The Balaban J connectivity index is 1.58. The summed E-state index contributed by atoms with van der Waals surface area (Å²) in [6.07, 6.45) is 1.12. The molecular weight excluding hydrogens is 373 g/mol. The van der Waals surface area contributed by atoms with Gasteiger partial charge in [-0.1, -0.05) is 40.5 Å². The molecule has 0 aliphatic carbocycles. The van der Waals surface area contributed by atoms with E-state index in [4.69, 9.17) is 27.7 Å². The molecule has 1 aliphatic rings. The highest BCUT2D eigenvalue weighted by Gasteiger charge is 2.36. The number of amides is 1. The second-order valence-electron chi connectivity index (χ2n) is 6.17. The Morgan fingerprint density at radius 3 is 2.69 bits per heavy atom. The van der Waals surface area contributed by atoms with Crippen LogP contribution < -0.4 is 0 Å². The summed E-state index contributed by atoms with van der Waals surface area (Å²) in [5.74, 6) is 1.00. The van der Waals surface area contributed by atoms with Gasteiger partial charge in [0.25, 0.3) is 0 Å². The van der Waals surface area contributed by atoms with Crippen molar-refractivity contribution in [2.45, 2.75) is 25.4 Å². The van der Waals surface area contributed by atoms with Crippen molar-refractivity contribution in [3.63, 3.8) is 0 Å². The zero-order valence-electron chi connectivity index (χ0n) is 13.7. The van der Waals surface area contributed by atoms with Gasteiger partial charge in [-0.3, -0.25) is 4.79 Å². The largest absolute Gasteiger partial charge is 0.337 e. The Kier molecular flexibility index (Phi) is 4.66. The van der Waals surface area contributed by atoms with Gasteiger partial charge in [-0.15, -0.1) is 0 Å². The number of hydrogen-bond acceptors (Lipinski definition) is 4. The maximum absolute atomic E-state index is 12.3. The molecule has 1 unspecified atom stereocenters. The van der Waals surface area contributed by atoms with Crippen molar-refractivity contribution >= 4 is 29.1 Å². The van der Waals surface area contributed by atoms with Crippen LogP contribution >= 0.6 is 23.2 Å². The quantitative estimate of drug-likeness (QED) is 0.638. The minimum atomic E-state index is -0.227. The van der Waals surface area contributed by atoms with E-state index in [1.54, 1.807) is 17.0 Å². The lowest BCUT2D eigenvalue weighted by molar-refractivity contribution is -0.129. The highest BCUT2D eigenvalue weighted by Crippen LogP contribution is 2.34. The van der Waals surface area contributed by atoms with E-state index in [1.807, 2.05) is 36.4 Å². The fourth-order valence-corrected chi connectivity index (χ4v) is 3.45. The summed E-state index contributed by atoms with van der Waals surface area (Å²) >= 11 is 12.0. The smallest absolute Gasteiger partial charge is 0.249 e. The van der Waals surface area contributed by atoms with Gasteiger partial charge >= 0.3 is 0 Å². The predicted octanol–water partition coefficient (Wildman–Crippen LogP) is 4.91. The van der Waals surface area contributed by atoms with Gasteiger partial charge in [-0.2, -0.15) is 4.98 Å². The number of carbonyl (C=O) groups excluding carboxylic acids is 1. The maximum atomic E-state index is 12.3. The first-order valence-electron chi connectivity index (χ1n) is 8.23. The lowest BCUT2D eigenvalue weighted by Gasteiger charge is -2.22. The van der Waals surface area contributed by atoms with Gasteiger partial charge in [-0.25, -0.2) is 0 Å². The number of halogens is 2. The Labute approximate surface area is 160 Å². The SMILES string of the molecule is O=C1CCC(c2nc(-c3ccc(Cl)cc3)no2)N1Cc1cccc(Cl)c1. The number of carbonyl (C=O) groups is 1. The van der Waals surface area contributed by atoms with Crippen LogP contribution in [0.1, 0.15) is 30.3 Å². The highest BCUT2D eigenvalue weighted by molar-refractivity contribution is 6.30. The molecule has 1 atom stereocenters. The Morgan fingerprint density at radius 1 is 1.12 bits per heavy atom. The van der Waals surface area contributed by atoms with E-state index in [2.05, 4.69) is 10.1 Å². The summed E-state index contributed by atoms with van der Waals surface area (Å²) < 4.78 is 5.46. The number of nitrogens with zero attached hydrogens (tertiary/aromatic N) is 3. The van der Waals surface area contributed by atoms with E-state index < -0.39 is 0 Å². The Hall–Kier alpha value is -2.37. The predicted molar refractivity (Wildman–Crippen MR) is 98.7 cm³/mol. The van der Waals surface area contributed by atoms with Crippen molar-refractivity contribution in [2.75, 3.05) is 0 Å². The normalized spacial score (nSPS) is 17.1. The van der Waals surface area contributed by atoms with Crippen molar-refractivity contribution in [3.8, 4) is 11.4 Å². The van der Waals surface area contributed by atoms with Gasteiger partial charge in [0.1, 0.15) is 6.04 Å². The van der Waals surface area contributed by atoms with Crippen LogP contribution in [0.15, 0.2) is 53.1 Å². The third kappa shape index (κ3) is 3.45. The molecular formula is C19H15Cl2N3O2. The molecule has 3 aromatic rings. The van der Waals surface area contributed by atoms with Crippen molar-refractivity contribution in [3.05, 3.63) is 70.0 Å². The van der Waals surface area contributed by atoms with Crippen LogP contribution in [0.4, 0.5) is 0 Å². The Bertz CT molecular complexity index is 940. The molecule has 0 saturated carbocycles. The molecule has 2 heterocycles. The molecule has 1 aromatic heterocycles. The van der Waals surface area contributed by atoms with Crippen LogP contribution in [-0.2, 0) is 11.3 Å². The topological polar surface area (TPSA) is 59.2 Å².